The molecule has 1 aliphatic heterocycles. The lowest BCUT2D eigenvalue weighted by Crippen LogP contribution is -2.41. The van der Waals surface area contributed by atoms with E-state index in [9.17, 15) is 32.3 Å². The van der Waals surface area contributed by atoms with Gasteiger partial charge in [-0.1, -0.05) is 12.1 Å². The van der Waals surface area contributed by atoms with Crippen molar-refractivity contribution in [2.75, 3.05) is 19.6 Å². The molecule has 2 N–H and O–H groups in total. The minimum absolute atomic E-state index is 0.0680. The van der Waals surface area contributed by atoms with Crippen molar-refractivity contribution in [2.45, 2.75) is 0 Å². The van der Waals surface area contributed by atoms with Crippen LogP contribution in [0.2, 0.25) is 0 Å². The van der Waals surface area contributed by atoms with Crippen LogP contribution in [0.3, 0.4) is 0 Å². The molecule has 0 aromatic heterocycles. The number of halogens is 3. The zero-order valence-electron chi connectivity index (χ0n) is 16.4. The fraction of sp³-hybridized carbons (Fsp3) is 0.143. The summed E-state index contributed by atoms with van der Waals surface area (Å²) >= 11 is 0.727. The van der Waals surface area contributed by atoms with Crippen molar-refractivity contribution >= 4 is 40.8 Å². The molecule has 1 fully saturated rings. The highest BCUT2D eigenvalue weighted by atomic mass is 32.2. The third-order valence-corrected chi connectivity index (χ3v) is 5.19. The van der Waals surface area contributed by atoms with Gasteiger partial charge in [0.15, 0.2) is 0 Å². The van der Waals surface area contributed by atoms with E-state index >= 15 is 0 Å². The van der Waals surface area contributed by atoms with Crippen molar-refractivity contribution in [3.8, 4) is 0 Å². The van der Waals surface area contributed by atoms with Crippen LogP contribution in [0, 0.1) is 17.5 Å². The predicted octanol–water partition coefficient (Wildman–Crippen LogP) is 2.69. The molecular formula is C21H16F3N3O4S. The van der Waals surface area contributed by atoms with Crippen molar-refractivity contribution in [3.05, 3.63) is 75.9 Å². The third kappa shape index (κ3) is 5.76. The largest absolute Gasteiger partial charge is 0.353 e. The van der Waals surface area contributed by atoms with Crippen molar-refractivity contribution in [1.29, 1.82) is 0 Å². The highest BCUT2D eigenvalue weighted by molar-refractivity contribution is 8.18. The summed E-state index contributed by atoms with van der Waals surface area (Å²) in [6.07, 6.45) is 1.47. The van der Waals surface area contributed by atoms with E-state index in [4.69, 9.17) is 0 Å². The SMILES string of the molecule is O=C(CNC(=O)c1ccc(F)cc1F)NCCN1C(=O)S/C(=C/c2ccc(F)cc2)C1=O. The van der Waals surface area contributed by atoms with E-state index in [1.165, 1.54) is 30.3 Å². The Balaban J connectivity index is 1.46. The van der Waals surface area contributed by atoms with Gasteiger partial charge in [-0.05, 0) is 47.7 Å². The predicted molar refractivity (Wildman–Crippen MR) is 111 cm³/mol. The van der Waals surface area contributed by atoms with Gasteiger partial charge >= 0.3 is 0 Å². The van der Waals surface area contributed by atoms with Gasteiger partial charge in [-0.15, -0.1) is 0 Å². The number of hydrogen-bond donors (Lipinski definition) is 2. The van der Waals surface area contributed by atoms with Crippen LogP contribution < -0.4 is 10.6 Å². The molecule has 0 aliphatic carbocycles. The van der Waals surface area contributed by atoms with Gasteiger partial charge in [-0.2, -0.15) is 0 Å². The summed E-state index contributed by atoms with van der Waals surface area (Å²) in [5, 5.41) is 4.10. The van der Waals surface area contributed by atoms with Gasteiger partial charge in [0.1, 0.15) is 17.5 Å². The Morgan fingerprint density at radius 3 is 2.34 bits per heavy atom. The summed E-state index contributed by atoms with van der Waals surface area (Å²) in [6.45, 7) is -0.652. The quantitative estimate of drug-likeness (QED) is 0.616. The van der Waals surface area contributed by atoms with E-state index in [1.807, 2.05) is 0 Å². The lowest BCUT2D eigenvalue weighted by molar-refractivity contribution is -0.124. The molecule has 1 saturated heterocycles. The zero-order valence-corrected chi connectivity index (χ0v) is 17.2. The Morgan fingerprint density at radius 2 is 1.66 bits per heavy atom. The van der Waals surface area contributed by atoms with Crippen molar-refractivity contribution in [2.24, 2.45) is 0 Å². The Labute approximate surface area is 184 Å². The fourth-order valence-corrected chi connectivity index (χ4v) is 3.57. The maximum atomic E-state index is 13.6. The first kappa shape index (κ1) is 23.1. The van der Waals surface area contributed by atoms with Crippen LogP contribution in [0.4, 0.5) is 18.0 Å². The second kappa shape index (κ2) is 10.1. The Bertz CT molecular complexity index is 1110. The van der Waals surface area contributed by atoms with Crippen molar-refractivity contribution < 1.29 is 32.3 Å². The fourth-order valence-electron chi connectivity index (χ4n) is 2.70. The number of benzene rings is 2. The number of nitrogens with one attached hydrogen (secondary N) is 2. The molecule has 3 rings (SSSR count). The number of thioether (sulfide) groups is 1. The summed E-state index contributed by atoms with van der Waals surface area (Å²) in [5.74, 6) is -4.39. The second-order valence-corrected chi connectivity index (χ2v) is 7.53. The number of hydrogen-bond acceptors (Lipinski definition) is 5. The standard InChI is InChI=1S/C21H16F3N3O4S/c22-13-3-1-12(2-4-13)9-17-20(30)27(21(31)32-17)8-7-25-18(28)11-26-19(29)15-6-5-14(23)10-16(15)24/h1-6,9-10H,7-8,11H2,(H,25,28)(H,26,29)/b17-9+. The molecule has 166 valence electrons. The number of nitrogens with zero attached hydrogens (tertiary/aromatic N) is 1. The van der Waals surface area contributed by atoms with Crippen LogP contribution in [-0.4, -0.2) is 47.5 Å². The van der Waals surface area contributed by atoms with Crippen LogP contribution >= 0.6 is 11.8 Å². The number of carbonyl (C=O) groups is 4. The molecule has 2 aromatic rings. The first-order valence-electron chi connectivity index (χ1n) is 9.25. The van der Waals surface area contributed by atoms with E-state index in [0.717, 1.165) is 28.8 Å². The van der Waals surface area contributed by atoms with Crippen LogP contribution in [0.25, 0.3) is 6.08 Å². The summed E-state index contributed by atoms with van der Waals surface area (Å²) in [6, 6.07) is 7.82. The average molecular weight is 463 g/mol. The zero-order chi connectivity index (χ0) is 23.3. The number of imide groups is 1. The minimum Gasteiger partial charge on any atom is -0.353 e. The van der Waals surface area contributed by atoms with Gasteiger partial charge in [0.05, 0.1) is 17.0 Å². The molecule has 2 aromatic carbocycles. The first-order chi connectivity index (χ1) is 15.2. The number of amides is 4. The van der Waals surface area contributed by atoms with Crippen molar-refractivity contribution in [1.82, 2.24) is 15.5 Å². The minimum atomic E-state index is -1.06. The summed E-state index contributed by atoms with van der Waals surface area (Å²) < 4.78 is 39.4. The van der Waals surface area contributed by atoms with Gasteiger partial charge in [0, 0.05) is 19.2 Å². The smallest absolute Gasteiger partial charge is 0.293 e. The van der Waals surface area contributed by atoms with Gasteiger partial charge in [-0.3, -0.25) is 24.1 Å². The Morgan fingerprint density at radius 1 is 0.969 bits per heavy atom. The van der Waals surface area contributed by atoms with Crippen LogP contribution in [0.5, 0.6) is 0 Å². The van der Waals surface area contributed by atoms with E-state index in [2.05, 4.69) is 10.6 Å². The van der Waals surface area contributed by atoms with Gasteiger partial charge in [0.2, 0.25) is 5.91 Å². The van der Waals surface area contributed by atoms with Crippen molar-refractivity contribution in [3.63, 3.8) is 0 Å². The summed E-state index contributed by atoms with van der Waals surface area (Å²) in [7, 11) is 0. The number of rotatable bonds is 7. The molecular weight excluding hydrogens is 447 g/mol. The molecule has 0 unspecified atom stereocenters. The average Bonchev–Trinajstić information content (AvgIpc) is 3.01. The molecule has 0 radical (unpaired) electrons. The van der Waals surface area contributed by atoms with Crippen LogP contribution in [0.1, 0.15) is 15.9 Å². The molecule has 11 heteroatoms. The molecule has 1 aliphatic rings. The molecule has 0 atom stereocenters. The lowest BCUT2D eigenvalue weighted by atomic mass is 10.2. The molecule has 0 saturated carbocycles. The Hall–Kier alpha value is -3.60. The monoisotopic (exact) mass is 463 g/mol. The first-order valence-corrected chi connectivity index (χ1v) is 10.1. The van der Waals surface area contributed by atoms with Gasteiger partial charge in [-0.25, -0.2) is 13.2 Å². The molecule has 7 nitrogen and oxygen atoms in total. The molecule has 1 heterocycles. The van der Waals surface area contributed by atoms with Crippen LogP contribution in [0.15, 0.2) is 47.4 Å². The number of carbonyl (C=O) groups excluding carboxylic acids is 4. The highest BCUT2D eigenvalue weighted by Crippen LogP contribution is 2.31. The van der Waals surface area contributed by atoms with E-state index in [1.54, 1.807) is 0 Å². The normalized spacial score (nSPS) is 14.7. The molecule has 32 heavy (non-hydrogen) atoms. The van der Waals surface area contributed by atoms with E-state index in [-0.39, 0.29) is 18.0 Å². The van der Waals surface area contributed by atoms with E-state index in [0.29, 0.717) is 11.6 Å². The highest BCUT2D eigenvalue weighted by Gasteiger charge is 2.34. The summed E-state index contributed by atoms with van der Waals surface area (Å²) in [5.41, 5.74) is 0.142. The Kier molecular flexibility index (Phi) is 7.31. The van der Waals surface area contributed by atoms with E-state index < -0.39 is 52.5 Å². The van der Waals surface area contributed by atoms with Gasteiger partial charge in [0.25, 0.3) is 17.1 Å². The second-order valence-electron chi connectivity index (χ2n) is 6.54. The lowest BCUT2D eigenvalue weighted by Gasteiger charge is -2.13. The molecule has 4 amide bonds. The maximum Gasteiger partial charge on any atom is 0.293 e. The topological polar surface area (TPSA) is 95.6 Å². The maximum absolute atomic E-state index is 13.6. The molecule has 0 bridgehead atoms. The summed E-state index contributed by atoms with van der Waals surface area (Å²) in [4.78, 5) is 49.3. The van der Waals surface area contributed by atoms with Gasteiger partial charge < -0.3 is 10.6 Å². The third-order valence-electron chi connectivity index (χ3n) is 4.28. The molecule has 0 spiro atoms. The van der Waals surface area contributed by atoms with Crippen LogP contribution in [-0.2, 0) is 9.59 Å².